The van der Waals surface area contributed by atoms with Gasteiger partial charge in [0.2, 0.25) is 0 Å². The van der Waals surface area contributed by atoms with Crippen molar-refractivity contribution in [1.82, 2.24) is 4.98 Å². The Hall–Kier alpha value is -0.700. The van der Waals surface area contributed by atoms with Crippen LogP contribution in [-0.4, -0.2) is 4.98 Å². The number of aromatic nitrogens is 1. The van der Waals surface area contributed by atoms with Gasteiger partial charge >= 0.3 is 0 Å². The van der Waals surface area contributed by atoms with Crippen LogP contribution in [-0.2, 0) is 5.41 Å². The average Bonchev–Trinajstić information content (AvgIpc) is 2.33. The van der Waals surface area contributed by atoms with Crippen molar-refractivity contribution in [2.75, 3.05) is 0 Å². The van der Waals surface area contributed by atoms with Crippen LogP contribution < -0.4 is 0 Å². The molecule has 0 amide bonds. The zero-order chi connectivity index (χ0) is 14.0. The maximum absolute atomic E-state index is 6.37. The molecule has 0 spiro atoms. The second kappa shape index (κ2) is 5.74. The van der Waals surface area contributed by atoms with Gasteiger partial charge in [-0.15, -0.1) is 0 Å². The van der Waals surface area contributed by atoms with Crippen molar-refractivity contribution in [1.29, 1.82) is 0 Å². The molecule has 2 rings (SSSR count). The van der Waals surface area contributed by atoms with Gasteiger partial charge in [-0.25, -0.2) is 0 Å². The first-order valence-corrected chi connectivity index (χ1v) is 7.52. The van der Waals surface area contributed by atoms with Crippen LogP contribution in [0.5, 0.6) is 0 Å². The lowest BCUT2D eigenvalue weighted by molar-refractivity contribution is 0.590. The van der Waals surface area contributed by atoms with Gasteiger partial charge in [0.25, 0.3) is 0 Å². The third-order valence-corrected chi connectivity index (χ3v) is 4.71. The molecule has 1 heterocycles. The van der Waals surface area contributed by atoms with E-state index < -0.39 is 0 Å². The van der Waals surface area contributed by atoms with E-state index in [9.17, 15) is 0 Å². The molecule has 0 saturated heterocycles. The first kappa shape index (κ1) is 14.7. The van der Waals surface area contributed by atoms with Crippen molar-refractivity contribution in [3.8, 4) is 0 Å². The number of benzene rings is 1. The normalized spacial score (nSPS) is 11.6. The van der Waals surface area contributed by atoms with E-state index in [0.717, 1.165) is 15.4 Å². The molecule has 0 aliphatic carbocycles. The highest BCUT2D eigenvalue weighted by Gasteiger charge is 2.18. The van der Waals surface area contributed by atoms with Crippen molar-refractivity contribution < 1.29 is 0 Å². The molecular formula is C15H15Cl2NS. The first-order valence-electron chi connectivity index (χ1n) is 5.95. The molecule has 1 aromatic carbocycles. The van der Waals surface area contributed by atoms with Crippen LogP contribution in [0.15, 0.2) is 46.5 Å². The summed E-state index contributed by atoms with van der Waals surface area (Å²) in [5.41, 5.74) is 1.18. The third-order valence-electron chi connectivity index (χ3n) is 2.73. The van der Waals surface area contributed by atoms with Crippen molar-refractivity contribution >= 4 is 35.0 Å². The summed E-state index contributed by atoms with van der Waals surface area (Å²) in [4.78, 5) is 5.96. The first-order chi connectivity index (χ1) is 8.88. The highest BCUT2D eigenvalue weighted by atomic mass is 35.5. The van der Waals surface area contributed by atoms with Gasteiger partial charge in [-0.1, -0.05) is 55.7 Å². The Morgan fingerprint density at radius 3 is 2.00 bits per heavy atom. The Kier molecular flexibility index (Phi) is 4.44. The Bertz CT molecular complexity index is 553. The molecule has 0 aliphatic heterocycles. The summed E-state index contributed by atoms with van der Waals surface area (Å²) >= 11 is 14.3. The summed E-state index contributed by atoms with van der Waals surface area (Å²) in [6.07, 6.45) is 3.52. The molecule has 0 radical (unpaired) electrons. The molecule has 4 heteroatoms. The summed E-state index contributed by atoms with van der Waals surface area (Å²) < 4.78 is 0. The second-order valence-corrected chi connectivity index (χ2v) is 7.20. The lowest BCUT2D eigenvalue weighted by atomic mass is 9.87. The van der Waals surface area contributed by atoms with E-state index in [1.54, 1.807) is 24.2 Å². The van der Waals surface area contributed by atoms with Crippen LogP contribution in [0, 0.1) is 0 Å². The van der Waals surface area contributed by atoms with E-state index in [1.807, 2.05) is 24.3 Å². The van der Waals surface area contributed by atoms with Crippen LogP contribution >= 0.6 is 35.0 Å². The number of halogens is 2. The fourth-order valence-corrected chi connectivity index (χ4v) is 3.14. The monoisotopic (exact) mass is 311 g/mol. The smallest absolute Gasteiger partial charge is 0.0563 e. The molecule has 0 unspecified atom stereocenters. The summed E-state index contributed by atoms with van der Waals surface area (Å²) in [7, 11) is 0. The minimum absolute atomic E-state index is 0.0349. The van der Waals surface area contributed by atoms with Crippen molar-refractivity contribution in [3.63, 3.8) is 0 Å². The average molecular weight is 312 g/mol. The maximum atomic E-state index is 6.37. The highest BCUT2D eigenvalue weighted by molar-refractivity contribution is 7.99. The van der Waals surface area contributed by atoms with E-state index in [0.29, 0.717) is 10.0 Å². The number of hydrogen-bond donors (Lipinski definition) is 0. The zero-order valence-corrected chi connectivity index (χ0v) is 13.4. The molecular weight excluding hydrogens is 297 g/mol. The molecule has 0 saturated carbocycles. The van der Waals surface area contributed by atoms with Crippen molar-refractivity contribution in [2.24, 2.45) is 0 Å². The minimum Gasteiger partial charge on any atom is -0.265 e. The van der Waals surface area contributed by atoms with E-state index in [4.69, 9.17) is 23.2 Å². The Labute approximate surface area is 128 Å². The molecule has 0 fully saturated rings. The topological polar surface area (TPSA) is 12.9 Å². The van der Waals surface area contributed by atoms with Crippen LogP contribution in [0.3, 0.4) is 0 Å². The van der Waals surface area contributed by atoms with Crippen LogP contribution in [0.25, 0.3) is 0 Å². The van der Waals surface area contributed by atoms with Gasteiger partial charge in [0, 0.05) is 22.2 Å². The van der Waals surface area contributed by atoms with Gasteiger partial charge in [0.15, 0.2) is 0 Å². The number of nitrogens with zero attached hydrogens (tertiary/aromatic N) is 1. The van der Waals surface area contributed by atoms with Gasteiger partial charge in [0.1, 0.15) is 0 Å². The van der Waals surface area contributed by atoms with Crippen LogP contribution in [0.2, 0.25) is 10.0 Å². The molecule has 0 N–H and O–H groups in total. The van der Waals surface area contributed by atoms with Gasteiger partial charge in [-0.05, 0) is 35.2 Å². The molecule has 19 heavy (non-hydrogen) atoms. The quantitative estimate of drug-likeness (QED) is 0.691. The van der Waals surface area contributed by atoms with Crippen molar-refractivity contribution in [2.45, 2.75) is 36.0 Å². The standard InChI is InChI=1S/C15H15Cl2NS/c1-15(2,3)10-8-12(16)14(13(17)9-10)19-11-4-6-18-7-5-11/h4-9H,1-3H3. The van der Waals surface area contributed by atoms with Gasteiger partial charge in [-0.2, -0.15) is 0 Å². The van der Waals surface area contributed by atoms with E-state index in [-0.39, 0.29) is 5.41 Å². The summed E-state index contributed by atoms with van der Waals surface area (Å²) in [6, 6.07) is 7.87. The van der Waals surface area contributed by atoms with E-state index in [2.05, 4.69) is 25.8 Å². The zero-order valence-electron chi connectivity index (χ0n) is 11.1. The summed E-state index contributed by atoms with van der Waals surface area (Å²) in [6.45, 7) is 6.43. The molecule has 100 valence electrons. The fourth-order valence-electron chi connectivity index (χ4n) is 1.61. The van der Waals surface area contributed by atoms with Gasteiger partial charge < -0.3 is 0 Å². The number of pyridine rings is 1. The highest BCUT2D eigenvalue weighted by Crippen LogP contribution is 2.41. The summed E-state index contributed by atoms with van der Waals surface area (Å²) in [5.74, 6) is 0. The third kappa shape index (κ3) is 3.65. The molecule has 0 aliphatic rings. The lowest BCUT2D eigenvalue weighted by Gasteiger charge is -2.21. The second-order valence-electron chi connectivity index (χ2n) is 5.30. The molecule has 1 nitrogen and oxygen atoms in total. The van der Waals surface area contributed by atoms with Gasteiger partial charge in [0.05, 0.1) is 10.0 Å². The molecule has 2 aromatic rings. The predicted molar refractivity (Wildman–Crippen MR) is 83.5 cm³/mol. The largest absolute Gasteiger partial charge is 0.265 e. The molecule has 0 bridgehead atoms. The Morgan fingerprint density at radius 1 is 1.00 bits per heavy atom. The maximum Gasteiger partial charge on any atom is 0.0563 e. The lowest BCUT2D eigenvalue weighted by Crippen LogP contribution is -2.11. The molecule has 0 atom stereocenters. The van der Waals surface area contributed by atoms with Crippen LogP contribution in [0.1, 0.15) is 26.3 Å². The summed E-state index contributed by atoms with van der Waals surface area (Å²) in [5, 5.41) is 1.39. The SMILES string of the molecule is CC(C)(C)c1cc(Cl)c(Sc2ccncc2)c(Cl)c1. The van der Waals surface area contributed by atoms with E-state index >= 15 is 0 Å². The Balaban J connectivity index is 2.38. The number of hydrogen-bond acceptors (Lipinski definition) is 2. The van der Waals surface area contributed by atoms with Crippen molar-refractivity contribution in [3.05, 3.63) is 52.3 Å². The Morgan fingerprint density at radius 2 is 1.53 bits per heavy atom. The van der Waals surface area contributed by atoms with E-state index in [1.165, 1.54) is 0 Å². The molecule has 1 aromatic heterocycles. The fraction of sp³-hybridized carbons (Fsp3) is 0.267. The van der Waals surface area contributed by atoms with Gasteiger partial charge in [-0.3, -0.25) is 4.98 Å². The predicted octanol–water partition coefficient (Wildman–Crippen LogP) is 5.84. The number of rotatable bonds is 2. The van der Waals surface area contributed by atoms with Crippen LogP contribution in [0.4, 0.5) is 0 Å². The minimum atomic E-state index is 0.0349.